The van der Waals surface area contributed by atoms with Gasteiger partial charge in [-0.05, 0) is 18.2 Å². The average molecular weight is 324 g/mol. The molecule has 0 unspecified atom stereocenters. The minimum atomic E-state index is -3.18. The first-order chi connectivity index (χ1) is 11.2. The maximum atomic E-state index is 14.1. The van der Waals surface area contributed by atoms with E-state index in [4.69, 9.17) is 4.74 Å². The first-order valence-corrected chi connectivity index (χ1v) is 8.96. The summed E-state index contributed by atoms with van der Waals surface area (Å²) < 4.78 is 19.3. The summed E-state index contributed by atoms with van der Waals surface area (Å²) in [7, 11) is -1.64. The van der Waals surface area contributed by atoms with Crippen LogP contribution in [0.3, 0.4) is 0 Å². The monoisotopic (exact) mass is 324 g/mol. The molecular formula is C19H17O3P. The maximum Gasteiger partial charge on any atom is 0.174 e. The maximum absolute atomic E-state index is 14.1. The minimum absolute atomic E-state index is 0.00170. The number of phenolic OH excluding ortho intramolecular Hbond substituents is 1. The van der Waals surface area contributed by atoms with Crippen molar-refractivity contribution in [1.82, 2.24) is 0 Å². The van der Waals surface area contributed by atoms with Crippen LogP contribution in [0.25, 0.3) is 0 Å². The van der Waals surface area contributed by atoms with E-state index in [0.29, 0.717) is 21.7 Å². The molecule has 0 aliphatic rings. The van der Waals surface area contributed by atoms with Gasteiger partial charge >= 0.3 is 0 Å². The Balaban J connectivity index is 2.32. The van der Waals surface area contributed by atoms with Crippen molar-refractivity contribution in [3.8, 4) is 11.5 Å². The quantitative estimate of drug-likeness (QED) is 0.750. The van der Waals surface area contributed by atoms with E-state index >= 15 is 0 Å². The van der Waals surface area contributed by atoms with Crippen LogP contribution in [-0.2, 0) is 4.57 Å². The molecule has 23 heavy (non-hydrogen) atoms. The zero-order chi connectivity index (χ0) is 16.3. The van der Waals surface area contributed by atoms with Crippen molar-refractivity contribution in [3.05, 3.63) is 78.9 Å². The molecule has 3 aromatic carbocycles. The van der Waals surface area contributed by atoms with E-state index in [1.54, 1.807) is 19.2 Å². The lowest BCUT2D eigenvalue weighted by molar-refractivity contribution is 0.413. The van der Waals surface area contributed by atoms with Gasteiger partial charge in [0.1, 0.15) is 11.5 Å². The van der Waals surface area contributed by atoms with Crippen LogP contribution in [0.5, 0.6) is 11.5 Å². The van der Waals surface area contributed by atoms with E-state index in [2.05, 4.69) is 0 Å². The Hall–Kier alpha value is -2.51. The van der Waals surface area contributed by atoms with Gasteiger partial charge in [-0.25, -0.2) is 0 Å². The molecule has 0 fully saturated rings. The van der Waals surface area contributed by atoms with Gasteiger partial charge in [-0.2, -0.15) is 0 Å². The van der Waals surface area contributed by atoms with Crippen molar-refractivity contribution in [2.75, 3.05) is 7.11 Å². The van der Waals surface area contributed by atoms with Gasteiger partial charge in [0.25, 0.3) is 0 Å². The van der Waals surface area contributed by atoms with Gasteiger partial charge in [-0.1, -0.05) is 60.7 Å². The second kappa shape index (κ2) is 6.31. The summed E-state index contributed by atoms with van der Waals surface area (Å²) in [4.78, 5) is 0. The summed E-state index contributed by atoms with van der Waals surface area (Å²) in [5, 5.41) is 12.1. The van der Waals surface area contributed by atoms with Crippen molar-refractivity contribution in [3.63, 3.8) is 0 Å². The van der Waals surface area contributed by atoms with Crippen molar-refractivity contribution in [1.29, 1.82) is 0 Å². The first-order valence-electron chi connectivity index (χ1n) is 7.25. The van der Waals surface area contributed by atoms with Crippen LogP contribution >= 0.6 is 7.14 Å². The molecule has 0 spiro atoms. The molecule has 0 aromatic heterocycles. The van der Waals surface area contributed by atoms with Gasteiger partial charge in [-0.15, -0.1) is 0 Å². The molecule has 0 atom stereocenters. The van der Waals surface area contributed by atoms with Crippen LogP contribution < -0.4 is 20.7 Å². The Kier molecular flexibility index (Phi) is 4.22. The summed E-state index contributed by atoms with van der Waals surface area (Å²) in [6, 6.07) is 23.3. The molecule has 3 aromatic rings. The third-order valence-electron chi connectivity index (χ3n) is 3.76. The highest BCUT2D eigenvalue weighted by atomic mass is 31.2. The van der Waals surface area contributed by atoms with E-state index in [9.17, 15) is 9.67 Å². The van der Waals surface area contributed by atoms with Gasteiger partial charge in [0.05, 0.1) is 12.4 Å². The standard InChI is InChI=1S/C19H17O3P/c1-22-15-12-13-18(20)19(14-15)23(21,16-8-4-2-5-9-16)17-10-6-3-7-11-17/h2-14,20H,1H3. The Labute approximate surface area is 135 Å². The van der Waals surface area contributed by atoms with Crippen molar-refractivity contribution >= 4 is 23.1 Å². The average Bonchev–Trinajstić information content (AvgIpc) is 2.63. The molecule has 0 radical (unpaired) electrons. The van der Waals surface area contributed by atoms with Crippen LogP contribution in [0, 0.1) is 0 Å². The minimum Gasteiger partial charge on any atom is -0.507 e. The molecule has 3 rings (SSSR count). The Bertz CT molecular complexity index is 802. The lowest BCUT2D eigenvalue weighted by atomic mass is 10.3. The molecule has 0 saturated carbocycles. The first kappa shape index (κ1) is 15.4. The summed E-state index contributed by atoms with van der Waals surface area (Å²) in [6.45, 7) is 0. The molecule has 1 N–H and O–H groups in total. The van der Waals surface area contributed by atoms with E-state index in [1.807, 2.05) is 60.7 Å². The molecule has 3 nitrogen and oxygen atoms in total. The molecule has 0 saturated heterocycles. The summed E-state index contributed by atoms with van der Waals surface area (Å²) >= 11 is 0. The third kappa shape index (κ3) is 2.76. The van der Waals surface area contributed by atoms with Gasteiger partial charge in [0.2, 0.25) is 0 Å². The predicted octanol–water partition coefficient (Wildman–Crippen LogP) is 3.04. The fourth-order valence-electron chi connectivity index (χ4n) is 2.59. The highest BCUT2D eigenvalue weighted by Crippen LogP contribution is 2.45. The zero-order valence-corrected chi connectivity index (χ0v) is 13.6. The molecule has 0 amide bonds. The number of benzene rings is 3. The van der Waals surface area contributed by atoms with Crippen LogP contribution in [0.1, 0.15) is 0 Å². The van der Waals surface area contributed by atoms with E-state index in [1.165, 1.54) is 6.07 Å². The van der Waals surface area contributed by atoms with Crippen LogP contribution in [-0.4, -0.2) is 12.2 Å². The molecule has 0 aliphatic heterocycles. The molecule has 0 aliphatic carbocycles. The fourth-order valence-corrected chi connectivity index (χ4v) is 5.33. The molecule has 0 bridgehead atoms. The number of rotatable bonds is 4. The second-order valence-electron chi connectivity index (χ2n) is 5.14. The van der Waals surface area contributed by atoms with Gasteiger partial charge < -0.3 is 14.4 Å². The van der Waals surface area contributed by atoms with Crippen LogP contribution in [0.2, 0.25) is 0 Å². The summed E-state index contributed by atoms with van der Waals surface area (Å²) in [5.41, 5.74) is 0. The topological polar surface area (TPSA) is 46.5 Å². The smallest absolute Gasteiger partial charge is 0.174 e. The van der Waals surface area contributed by atoms with Gasteiger partial charge in [0.15, 0.2) is 7.14 Å². The Morgan fingerprint density at radius 3 is 1.83 bits per heavy atom. The van der Waals surface area contributed by atoms with Crippen molar-refractivity contribution < 1.29 is 14.4 Å². The number of phenols is 1. The molecule has 4 heteroatoms. The van der Waals surface area contributed by atoms with Gasteiger partial charge in [0, 0.05) is 10.6 Å². The SMILES string of the molecule is COc1ccc(O)c(P(=O)(c2ccccc2)c2ccccc2)c1. The highest BCUT2D eigenvalue weighted by molar-refractivity contribution is 7.85. The van der Waals surface area contributed by atoms with E-state index in [-0.39, 0.29) is 5.75 Å². The van der Waals surface area contributed by atoms with Crippen LogP contribution in [0.4, 0.5) is 0 Å². The number of methoxy groups -OCH3 is 1. The van der Waals surface area contributed by atoms with Crippen molar-refractivity contribution in [2.45, 2.75) is 0 Å². The van der Waals surface area contributed by atoms with Crippen LogP contribution in [0.15, 0.2) is 78.9 Å². The largest absolute Gasteiger partial charge is 0.507 e. The lowest BCUT2D eigenvalue weighted by Gasteiger charge is -2.21. The molecule has 0 heterocycles. The number of ether oxygens (including phenoxy) is 1. The number of aromatic hydroxyl groups is 1. The Morgan fingerprint density at radius 1 is 0.826 bits per heavy atom. The third-order valence-corrected chi connectivity index (χ3v) is 6.85. The zero-order valence-electron chi connectivity index (χ0n) is 12.7. The van der Waals surface area contributed by atoms with E-state index < -0.39 is 7.14 Å². The predicted molar refractivity (Wildman–Crippen MR) is 94.1 cm³/mol. The van der Waals surface area contributed by atoms with Crippen molar-refractivity contribution in [2.24, 2.45) is 0 Å². The summed E-state index contributed by atoms with van der Waals surface area (Å²) in [5.74, 6) is 0.562. The van der Waals surface area contributed by atoms with E-state index in [0.717, 1.165) is 0 Å². The summed E-state index contributed by atoms with van der Waals surface area (Å²) in [6.07, 6.45) is 0. The Morgan fingerprint density at radius 2 is 1.35 bits per heavy atom. The number of hydrogen-bond donors (Lipinski definition) is 1. The normalized spacial score (nSPS) is 11.2. The highest BCUT2D eigenvalue weighted by Gasteiger charge is 2.32. The molecule has 116 valence electrons. The number of hydrogen-bond acceptors (Lipinski definition) is 3. The second-order valence-corrected chi connectivity index (χ2v) is 7.87. The lowest BCUT2D eigenvalue weighted by Crippen LogP contribution is -2.25. The fraction of sp³-hybridized carbons (Fsp3) is 0.0526. The molecular weight excluding hydrogens is 307 g/mol. The van der Waals surface area contributed by atoms with Gasteiger partial charge in [-0.3, -0.25) is 0 Å².